The molecule has 0 aromatic carbocycles. The Morgan fingerprint density at radius 3 is 2.76 bits per heavy atom. The maximum absolute atomic E-state index is 13.0. The molecule has 1 atom stereocenters. The van der Waals surface area contributed by atoms with Crippen molar-refractivity contribution in [3.63, 3.8) is 0 Å². The molecule has 1 saturated heterocycles. The van der Waals surface area contributed by atoms with Crippen LogP contribution in [0.5, 0.6) is 0 Å². The largest absolute Gasteiger partial charge is 0.444 e. The van der Waals surface area contributed by atoms with Crippen molar-refractivity contribution in [1.29, 1.82) is 5.26 Å². The Labute approximate surface area is 245 Å². The highest BCUT2D eigenvalue weighted by Gasteiger charge is 2.28. The van der Waals surface area contributed by atoms with Crippen molar-refractivity contribution in [2.45, 2.75) is 77.6 Å². The predicted molar refractivity (Wildman–Crippen MR) is 158 cm³/mol. The normalized spacial score (nSPS) is 17.3. The number of pyridine rings is 2. The molecule has 218 valence electrons. The van der Waals surface area contributed by atoms with Crippen molar-refractivity contribution in [3.05, 3.63) is 60.4 Å². The summed E-state index contributed by atoms with van der Waals surface area (Å²) in [4.78, 5) is 26.1. The number of anilines is 1. The summed E-state index contributed by atoms with van der Waals surface area (Å²) in [5, 5.41) is 18.2. The van der Waals surface area contributed by atoms with Crippen LogP contribution < -0.4 is 4.90 Å². The molecule has 2 fully saturated rings. The minimum Gasteiger partial charge on any atom is -0.444 e. The van der Waals surface area contributed by atoms with Crippen molar-refractivity contribution in [3.8, 4) is 17.3 Å². The number of hydrogen-bond acceptors (Lipinski definition) is 8. The third kappa shape index (κ3) is 6.22. The molecule has 1 unspecified atom stereocenters. The van der Waals surface area contributed by atoms with Gasteiger partial charge in [-0.05, 0) is 70.1 Å². The maximum Gasteiger partial charge on any atom is 0.410 e. The van der Waals surface area contributed by atoms with E-state index in [1.807, 2.05) is 66.9 Å². The summed E-state index contributed by atoms with van der Waals surface area (Å²) < 4.78 is 9.47. The van der Waals surface area contributed by atoms with E-state index in [0.717, 1.165) is 66.1 Å². The van der Waals surface area contributed by atoms with Gasteiger partial charge in [0.25, 0.3) is 0 Å². The highest BCUT2D eigenvalue weighted by molar-refractivity contribution is 5.68. The molecule has 5 heterocycles. The SMILES string of the molecule is CC(C)(C)OC(=O)N(Cc1ccc2nc(Cn3cc(-c4cncc(N5CCCC5C#N)c4)nn3)cn2c1)CC1CCC1. The number of nitriles is 1. The molecule has 42 heavy (non-hydrogen) atoms. The van der Waals surface area contributed by atoms with E-state index < -0.39 is 5.60 Å². The quantitative estimate of drug-likeness (QED) is 0.290. The summed E-state index contributed by atoms with van der Waals surface area (Å²) in [5.74, 6) is 0.543. The average molecular weight is 568 g/mol. The summed E-state index contributed by atoms with van der Waals surface area (Å²) in [5.41, 5.74) is 4.67. The summed E-state index contributed by atoms with van der Waals surface area (Å²) in [6.07, 6.45) is 14.6. The summed E-state index contributed by atoms with van der Waals surface area (Å²) in [6.45, 7) is 8.22. The van der Waals surface area contributed by atoms with Gasteiger partial charge in [-0.3, -0.25) is 4.98 Å². The van der Waals surface area contributed by atoms with Crippen molar-refractivity contribution in [1.82, 2.24) is 34.3 Å². The summed E-state index contributed by atoms with van der Waals surface area (Å²) in [7, 11) is 0. The first-order chi connectivity index (χ1) is 20.2. The van der Waals surface area contributed by atoms with Crippen LogP contribution in [0, 0.1) is 17.2 Å². The average Bonchev–Trinajstić information content (AvgIpc) is 3.68. The van der Waals surface area contributed by atoms with Gasteiger partial charge in [0.05, 0.1) is 42.9 Å². The second kappa shape index (κ2) is 11.4. The number of imidazole rings is 1. The molecule has 1 saturated carbocycles. The maximum atomic E-state index is 13.0. The zero-order valence-electron chi connectivity index (χ0n) is 24.5. The molecule has 6 rings (SSSR count). The molecule has 0 bridgehead atoms. The van der Waals surface area contributed by atoms with E-state index in [1.54, 1.807) is 17.1 Å². The Balaban J connectivity index is 1.15. The lowest BCUT2D eigenvalue weighted by Crippen LogP contribution is -2.40. The minimum atomic E-state index is -0.535. The molecule has 0 N–H and O–H groups in total. The summed E-state index contributed by atoms with van der Waals surface area (Å²) in [6, 6.07) is 8.30. The van der Waals surface area contributed by atoms with Crippen LogP contribution in [0.2, 0.25) is 0 Å². The number of amides is 1. The van der Waals surface area contributed by atoms with Crippen LogP contribution in [0.4, 0.5) is 10.5 Å². The smallest absolute Gasteiger partial charge is 0.410 e. The molecule has 2 aliphatic rings. The van der Waals surface area contributed by atoms with E-state index in [9.17, 15) is 10.1 Å². The molecule has 11 heteroatoms. The fourth-order valence-corrected chi connectivity index (χ4v) is 5.61. The third-order valence-electron chi connectivity index (χ3n) is 7.91. The van der Waals surface area contributed by atoms with Crippen LogP contribution >= 0.6 is 0 Å². The molecule has 11 nitrogen and oxygen atoms in total. The second-order valence-electron chi connectivity index (χ2n) is 12.4. The number of carbonyl (C=O) groups is 1. The highest BCUT2D eigenvalue weighted by Crippen LogP contribution is 2.29. The van der Waals surface area contributed by atoms with Crippen LogP contribution in [0.1, 0.15) is 64.1 Å². The number of aromatic nitrogens is 6. The Morgan fingerprint density at radius 1 is 1.14 bits per heavy atom. The lowest BCUT2D eigenvalue weighted by atomic mass is 9.85. The lowest BCUT2D eigenvalue weighted by molar-refractivity contribution is 0.0173. The molecular weight excluding hydrogens is 530 g/mol. The van der Waals surface area contributed by atoms with E-state index in [2.05, 4.69) is 26.3 Å². The van der Waals surface area contributed by atoms with Gasteiger partial charge in [-0.2, -0.15) is 5.26 Å². The minimum absolute atomic E-state index is 0.114. The fourth-order valence-electron chi connectivity index (χ4n) is 5.61. The molecule has 4 aromatic heterocycles. The fraction of sp³-hybridized carbons (Fsp3) is 0.484. The van der Waals surface area contributed by atoms with Gasteiger partial charge in [0.15, 0.2) is 0 Å². The first kappa shape index (κ1) is 27.7. The number of rotatable bonds is 8. The van der Waals surface area contributed by atoms with Gasteiger partial charge in [0.2, 0.25) is 0 Å². The van der Waals surface area contributed by atoms with Crippen LogP contribution in [0.3, 0.4) is 0 Å². The first-order valence-corrected chi connectivity index (χ1v) is 14.7. The molecule has 1 aliphatic carbocycles. The second-order valence-corrected chi connectivity index (χ2v) is 12.4. The number of hydrogen-bond donors (Lipinski definition) is 0. The van der Waals surface area contributed by atoms with Crippen molar-refractivity contribution >= 4 is 17.4 Å². The van der Waals surface area contributed by atoms with Gasteiger partial charge < -0.3 is 18.9 Å². The van der Waals surface area contributed by atoms with Gasteiger partial charge in [0.1, 0.15) is 23.0 Å². The molecule has 0 spiro atoms. The Bertz CT molecular complexity index is 1610. The van der Waals surface area contributed by atoms with Crippen LogP contribution in [0.15, 0.2) is 49.2 Å². The van der Waals surface area contributed by atoms with Gasteiger partial charge in [-0.25, -0.2) is 14.5 Å². The molecular formula is C31H37N9O2. The van der Waals surface area contributed by atoms with Crippen molar-refractivity contribution in [2.75, 3.05) is 18.0 Å². The molecule has 1 amide bonds. The van der Waals surface area contributed by atoms with Gasteiger partial charge in [-0.15, -0.1) is 5.10 Å². The van der Waals surface area contributed by atoms with E-state index in [4.69, 9.17) is 9.72 Å². The van der Waals surface area contributed by atoms with Gasteiger partial charge in [0, 0.05) is 37.2 Å². The topological polar surface area (TPSA) is 117 Å². The molecule has 0 radical (unpaired) electrons. The van der Waals surface area contributed by atoms with Crippen LogP contribution in [0.25, 0.3) is 16.9 Å². The third-order valence-corrected chi connectivity index (χ3v) is 7.91. The number of ether oxygens (including phenoxy) is 1. The van der Waals surface area contributed by atoms with E-state index in [1.165, 1.54) is 6.42 Å². The summed E-state index contributed by atoms with van der Waals surface area (Å²) >= 11 is 0. The van der Waals surface area contributed by atoms with Crippen molar-refractivity contribution < 1.29 is 9.53 Å². The van der Waals surface area contributed by atoms with E-state index >= 15 is 0 Å². The van der Waals surface area contributed by atoms with Gasteiger partial charge in [-0.1, -0.05) is 17.7 Å². The molecule has 4 aromatic rings. The first-order valence-electron chi connectivity index (χ1n) is 14.7. The highest BCUT2D eigenvalue weighted by atomic mass is 16.6. The Hall–Kier alpha value is -4.46. The Kier molecular flexibility index (Phi) is 7.54. The number of nitrogens with zero attached hydrogens (tertiary/aromatic N) is 9. The van der Waals surface area contributed by atoms with Crippen LogP contribution in [-0.2, 0) is 17.8 Å². The number of fused-ring (bicyclic) bond motifs is 1. The number of carbonyl (C=O) groups excluding carboxylic acids is 1. The lowest BCUT2D eigenvalue weighted by Gasteiger charge is -2.33. The molecule has 1 aliphatic heterocycles. The predicted octanol–water partition coefficient (Wildman–Crippen LogP) is 5.07. The zero-order chi connectivity index (χ0) is 29.3. The standard InChI is InChI=1S/C31H37N9O2/c1-31(2,3)42-30(41)38(16-22-6-4-7-22)18-23-9-10-29-34-25(19-37(29)17-23)20-39-21-28(35-36-39)24-12-27(15-33-14-24)40-11-5-8-26(40)13-32/h9-10,12,14-15,17,19,21-22,26H,4-8,11,16,18,20H2,1-3H3. The van der Waals surface area contributed by atoms with Gasteiger partial charge >= 0.3 is 6.09 Å². The monoisotopic (exact) mass is 567 g/mol. The zero-order valence-corrected chi connectivity index (χ0v) is 24.5. The van der Waals surface area contributed by atoms with E-state index in [0.29, 0.717) is 25.6 Å². The Morgan fingerprint density at radius 2 is 2.00 bits per heavy atom. The van der Waals surface area contributed by atoms with Crippen LogP contribution in [-0.4, -0.2) is 65.1 Å². The van der Waals surface area contributed by atoms with E-state index in [-0.39, 0.29) is 12.1 Å². The van der Waals surface area contributed by atoms with Crippen molar-refractivity contribution in [2.24, 2.45) is 5.92 Å².